The number of ether oxygens (including phenoxy) is 1. The Kier molecular flexibility index (Phi) is 7.54. The fraction of sp³-hybridized carbons (Fsp3) is 0.619. The average Bonchev–Trinajstić information content (AvgIpc) is 3.24. The quantitative estimate of drug-likeness (QED) is 0.569. The molecular formula is C21H33N5O2. The molecule has 2 aliphatic heterocycles. The van der Waals surface area contributed by atoms with Crippen LogP contribution in [-0.4, -0.2) is 76.3 Å². The molecule has 3 rings (SSSR count). The molecule has 0 aliphatic carbocycles. The molecule has 2 heterocycles. The van der Waals surface area contributed by atoms with Gasteiger partial charge in [0.15, 0.2) is 5.96 Å². The highest BCUT2D eigenvalue weighted by Gasteiger charge is 2.22. The molecule has 7 heteroatoms. The number of carbonyl (C=O) groups is 1. The van der Waals surface area contributed by atoms with E-state index >= 15 is 0 Å². The first-order chi connectivity index (χ1) is 13.6. The second-order valence-corrected chi connectivity index (χ2v) is 7.83. The molecule has 2 unspecified atom stereocenters. The summed E-state index contributed by atoms with van der Waals surface area (Å²) in [6.45, 7) is 4.59. The van der Waals surface area contributed by atoms with Crippen molar-refractivity contribution in [3.8, 4) is 0 Å². The van der Waals surface area contributed by atoms with Crippen molar-refractivity contribution in [3.05, 3.63) is 30.3 Å². The summed E-state index contributed by atoms with van der Waals surface area (Å²) in [6, 6.07) is 10.8. The molecule has 28 heavy (non-hydrogen) atoms. The van der Waals surface area contributed by atoms with Crippen LogP contribution in [0.2, 0.25) is 0 Å². The van der Waals surface area contributed by atoms with Gasteiger partial charge in [-0.05, 0) is 31.4 Å². The monoisotopic (exact) mass is 387 g/mol. The Balaban J connectivity index is 1.59. The highest BCUT2D eigenvalue weighted by Crippen LogP contribution is 2.19. The highest BCUT2D eigenvalue weighted by atomic mass is 16.5. The third-order valence-corrected chi connectivity index (χ3v) is 5.34. The maximum absolute atomic E-state index is 12.0. The molecule has 2 fully saturated rings. The maximum Gasteiger partial charge on any atom is 0.243 e. The molecule has 2 aliphatic rings. The van der Waals surface area contributed by atoms with Gasteiger partial charge in [-0.15, -0.1) is 0 Å². The minimum atomic E-state index is -0.000133. The van der Waals surface area contributed by atoms with Gasteiger partial charge in [0.2, 0.25) is 5.91 Å². The fourth-order valence-corrected chi connectivity index (χ4v) is 3.59. The topological polar surface area (TPSA) is 69.2 Å². The number of aliphatic imine (C=N–C) groups is 1. The van der Waals surface area contributed by atoms with Crippen LogP contribution in [0.5, 0.6) is 0 Å². The summed E-state index contributed by atoms with van der Waals surface area (Å²) in [4.78, 5) is 20.5. The van der Waals surface area contributed by atoms with Crippen LogP contribution in [0.1, 0.15) is 19.3 Å². The van der Waals surface area contributed by atoms with Crippen molar-refractivity contribution in [1.29, 1.82) is 0 Å². The molecule has 0 radical (unpaired) electrons. The third-order valence-electron chi connectivity index (χ3n) is 5.34. The summed E-state index contributed by atoms with van der Waals surface area (Å²) in [7, 11) is 3.51. The Hall–Kier alpha value is -2.28. The highest BCUT2D eigenvalue weighted by molar-refractivity contribution is 5.85. The van der Waals surface area contributed by atoms with E-state index in [1.807, 2.05) is 6.07 Å². The van der Waals surface area contributed by atoms with Crippen molar-refractivity contribution in [2.45, 2.75) is 25.3 Å². The number of guanidine groups is 1. The van der Waals surface area contributed by atoms with Gasteiger partial charge in [0, 0.05) is 58.0 Å². The van der Waals surface area contributed by atoms with Gasteiger partial charge in [0.1, 0.15) is 6.54 Å². The van der Waals surface area contributed by atoms with E-state index in [1.165, 1.54) is 5.69 Å². The molecule has 0 spiro atoms. The maximum atomic E-state index is 12.0. The predicted octanol–water partition coefficient (Wildman–Crippen LogP) is 1.32. The Labute approximate surface area is 168 Å². The summed E-state index contributed by atoms with van der Waals surface area (Å²) in [6.07, 6.45) is 3.30. The Morgan fingerprint density at radius 1 is 1.29 bits per heavy atom. The van der Waals surface area contributed by atoms with E-state index in [2.05, 4.69) is 44.8 Å². The first kappa shape index (κ1) is 20.5. The number of amides is 1. The number of nitrogens with one attached hydrogen (secondary N) is 2. The van der Waals surface area contributed by atoms with E-state index in [0.717, 1.165) is 58.1 Å². The Bertz CT molecular complexity index is 643. The van der Waals surface area contributed by atoms with Crippen LogP contribution in [0.4, 0.5) is 5.69 Å². The number of para-hydroxylation sites is 1. The van der Waals surface area contributed by atoms with Crippen molar-refractivity contribution in [2.24, 2.45) is 10.9 Å². The second kappa shape index (κ2) is 10.3. The first-order valence-corrected chi connectivity index (χ1v) is 10.2. The number of likely N-dealkylation sites (N-methyl/N-ethyl adjacent to an activating group) is 1. The van der Waals surface area contributed by atoms with Crippen LogP contribution in [0, 0.1) is 5.92 Å². The van der Waals surface area contributed by atoms with Crippen LogP contribution in [0.3, 0.4) is 0 Å². The largest absolute Gasteiger partial charge is 0.381 e. The number of benzene rings is 1. The van der Waals surface area contributed by atoms with Gasteiger partial charge < -0.3 is 25.2 Å². The molecule has 154 valence electrons. The van der Waals surface area contributed by atoms with Crippen LogP contribution in [-0.2, 0) is 9.53 Å². The van der Waals surface area contributed by atoms with Gasteiger partial charge in [0.25, 0.3) is 0 Å². The van der Waals surface area contributed by atoms with Crippen LogP contribution in [0.15, 0.2) is 35.3 Å². The molecular weight excluding hydrogens is 354 g/mol. The number of hydrogen-bond acceptors (Lipinski definition) is 4. The van der Waals surface area contributed by atoms with E-state index in [0.29, 0.717) is 12.0 Å². The van der Waals surface area contributed by atoms with Crippen molar-refractivity contribution >= 4 is 17.6 Å². The summed E-state index contributed by atoms with van der Waals surface area (Å²) in [5.74, 6) is 1.23. The lowest BCUT2D eigenvalue weighted by atomic mass is 10.0. The lowest BCUT2D eigenvalue weighted by Crippen LogP contribution is -2.52. The van der Waals surface area contributed by atoms with E-state index in [-0.39, 0.29) is 12.5 Å². The lowest BCUT2D eigenvalue weighted by Gasteiger charge is -2.35. The van der Waals surface area contributed by atoms with Crippen molar-refractivity contribution in [2.75, 3.05) is 58.4 Å². The normalized spacial score (nSPS) is 22.8. The Morgan fingerprint density at radius 2 is 2.11 bits per heavy atom. The minimum absolute atomic E-state index is 0.000133. The van der Waals surface area contributed by atoms with Crippen LogP contribution < -0.4 is 15.5 Å². The summed E-state index contributed by atoms with van der Waals surface area (Å²) in [5.41, 5.74) is 1.26. The molecule has 0 saturated carbocycles. The van der Waals surface area contributed by atoms with Gasteiger partial charge in [-0.3, -0.25) is 4.79 Å². The molecule has 2 saturated heterocycles. The number of rotatable bonds is 6. The van der Waals surface area contributed by atoms with E-state index in [9.17, 15) is 4.79 Å². The van der Waals surface area contributed by atoms with Gasteiger partial charge >= 0.3 is 0 Å². The minimum Gasteiger partial charge on any atom is -0.381 e. The summed E-state index contributed by atoms with van der Waals surface area (Å²) >= 11 is 0. The SMILES string of the molecule is CN(C)C(=O)CN=C(NCC1CCOC1)NC1CCCN(c2ccccc2)C1. The van der Waals surface area contributed by atoms with Crippen molar-refractivity contribution in [1.82, 2.24) is 15.5 Å². The zero-order valence-corrected chi connectivity index (χ0v) is 17.1. The molecule has 1 aromatic rings. The number of hydrogen-bond donors (Lipinski definition) is 2. The number of anilines is 1. The molecule has 2 atom stereocenters. The average molecular weight is 388 g/mol. The first-order valence-electron chi connectivity index (χ1n) is 10.2. The zero-order chi connectivity index (χ0) is 19.8. The van der Waals surface area contributed by atoms with Crippen LogP contribution >= 0.6 is 0 Å². The molecule has 0 bridgehead atoms. The van der Waals surface area contributed by atoms with E-state index < -0.39 is 0 Å². The number of nitrogens with zero attached hydrogens (tertiary/aromatic N) is 3. The number of piperidine rings is 1. The van der Waals surface area contributed by atoms with E-state index in [1.54, 1.807) is 19.0 Å². The van der Waals surface area contributed by atoms with Crippen molar-refractivity contribution < 1.29 is 9.53 Å². The third kappa shape index (κ3) is 6.12. The molecule has 2 N–H and O–H groups in total. The van der Waals surface area contributed by atoms with E-state index in [4.69, 9.17) is 4.74 Å². The Morgan fingerprint density at radius 3 is 2.82 bits per heavy atom. The van der Waals surface area contributed by atoms with Gasteiger partial charge in [0.05, 0.1) is 6.61 Å². The summed E-state index contributed by atoms with van der Waals surface area (Å²) < 4.78 is 5.46. The van der Waals surface area contributed by atoms with Crippen LogP contribution in [0.25, 0.3) is 0 Å². The molecule has 7 nitrogen and oxygen atoms in total. The van der Waals surface area contributed by atoms with Gasteiger partial charge in [-0.25, -0.2) is 4.99 Å². The second-order valence-electron chi connectivity index (χ2n) is 7.83. The standard InChI is InChI=1S/C21H33N5O2/c1-25(2)20(27)14-23-21(22-13-17-10-12-28-16-17)24-18-7-6-11-26(15-18)19-8-4-3-5-9-19/h3-5,8-9,17-18H,6-7,10-16H2,1-2H3,(H2,22,23,24). The lowest BCUT2D eigenvalue weighted by molar-refractivity contribution is -0.127. The predicted molar refractivity (Wildman–Crippen MR) is 113 cm³/mol. The van der Waals surface area contributed by atoms with Gasteiger partial charge in [-0.2, -0.15) is 0 Å². The van der Waals surface area contributed by atoms with Gasteiger partial charge in [-0.1, -0.05) is 18.2 Å². The molecule has 0 aromatic heterocycles. The van der Waals surface area contributed by atoms with Crippen molar-refractivity contribution in [3.63, 3.8) is 0 Å². The summed E-state index contributed by atoms with van der Waals surface area (Å²) in [5, 5.41) is 6.99. The molecule has 1 aromatic carbocycles. The molecule has 1 amide bonds. The number of carbonyl (C=O) groups excluding carboxylic acids is 1. The fourth-order valence-electron chi connectivity index (χ4n) is 3.59. The smallest absolute Gasteiger partial charge is 0.243 e. The zero-order valence-electron chi connectivity index (χ0n) is 17.1.